The molecule has 0 amide bonds. The maximum Gasteiger partial charge on any atom is 0.194 e. The molecule has 1 unspecified atom stereocenters. The smallest absolute Gasteiger partial charge is 0.194 e. The van der Waals surface area contributed by atoms with Gasteiger partial charge in [0.1, 0.15) is 5.82 Å². The van der Waals surface area contributed by atoms with Gasteiger partial charge in [-0.1, -0.05) is 24.3 Å². The minimum atomic E-state index is 0.248. The highest BCUT2D eigenvalue weighted by molar-refractivity contribution is 5.80. The van der Waals surface area contributed by atoms with Gasteiger partial charge in [0.25, 0.3) is 0 Å². The molecule has 2 aliphatic rings. The maximum atomic E-state index is 5.64. The first-order chi connectivity index (χ1) is 13.7. The number of ether oxygens (including phenoxy) is 1. The Hall–Kier alpha value is -2.60. The molecule has 1 aromatic carbocycles. The van der Waals surface area contributed by atoms with E-state index in [1.165, 1.54) is 16.7 Å². The van der Waals surface area contributed by atoms with Crippen molar-refractivity contribution >= 4 is 11.8 Å². The van der Waals surface area contributed by atoms with Crippen molar-refractivity contribution < 1.29 is 4.74 Å². The predicted molar refractivity (Wildman–Crippen MR) is 113 cm³/mol. The van der Waals surface area contributed by atoms with Gasteiger partial charge < -0.3 is 19.9 Å². The Labute approximate surface area is 167 Å². The van der Waals surface area contributed by atoms with E-state index >= 15 is 0 Å². The van der Waals surface area contributed by atoms with E-state index in [9.17, 15) is 0 Å². The second-order valence-electron chi connectivity index (χ2n) is 7.49. The van der Waals surface area contributed by atoms with Crippen molar-refractivity contribution in [3.63, 3.8) is 0 Å². The summed E-state index contributed by atoms with van der Waals surface area (Å²) in [7, 11) is 1.86. The van der Waals surface area contributed by atoms with Crippen molar-refractivity contribution in [1.82, 2.24) is 15.2 Å². The van der Waals surface area contributed by atoms with Crippen LogP contribution in [0.15, 0.2) is 47.6 Å². The number of benzene rings is 1. The number of aliphatic imine (C=N–C) groups is 1. The summed E-state index contributed by atoms with van der Waals surface area (Å²) < 4.78 is 5.64. The Kier molecular flexibility index (Phi) is 5.76. The molecule has 148 valence electrons. The first-order valence-corrected chi connectivity index (χ1v) is 10.1. The third-order valence-electron chi connectivity index (χ3n) is 5.47. The Morgan fingerprint density at radius 2 is 2.11 bits per heavy atom. The lowest BCUT2D eigenvalue weighted by atomic mass is 10.0. The van der Waals surface area contributed by atoms with E-state index in [0.717, 1.165) is 57.5 Å². The van der Waals surface area contributed by atoms with Gasteiger partial charge in [-0.25, -0.2) is 4.98 Å². The van der Waals surface area contributed by atoms with Crippen LogP contribution in [0, 0.1) is 0 Å². The van der Waals surface area contributed by atoms with Gasteiger partial charge in [-0.05, 0) is 42.2 Å². The number of pyridine rings is 1. The number of anilines is 1. The molecule has 1 aromatic heterocycles. The van der Waals surface area contributed by atoms with Crippen molar-refractivity contribution in [2.24, 2.45) is 4.99 Å². The summed E-state index contributed by atoms with van der Waals surface area (Å²) in [6.07, 6.45) is 3.20. The van der Waals surface area contributed by atoms with Crippen LogP contribution >= 0.6 is 0 Å². The van der Waals surface area contributed by atoms with E-state index in [1.807, 2.05) is 13.2 Å². The van der Waals surface area contributed by atoms with Crippen molar-refractivity contribution in [2.75, 3.05) is 38.2 Å². The van der Waals surface area contributed by atoms with E-state index in [-0.39, 0.29) is 6.10 Å². The molecule has 28 heavy (non-hydrogen) atoms. The minimum absolute atomic E-state index is 0.248. The number of rotatable bonds is 3. The summed E-state index contributed by atoms with van der Waals surface area (Å²) >= 11 is 0. The lowest BCUT2D eigenvalue weighted by molar-refractivity contribution is 0.0529. The topological polar surface area (TPSA) is 53.0 Å². The molecule has 0 aliphatic carbocycles. The number of nitrogens with one attached hydrogen (secondary N) is 1. The zero-order chi connectivity index (χ0) is 19.3. The number of hydrogen-bond donors (Lipinski definition) is 1. The molecule has 2 aliphatic heterocycles. The van der Waals surface area contributed by atoms with Crippen LogP contribution in [0.3, 0.4) is 0 Å². The standard InChI is InChI=1S/C22H29N5O/c1-17-15-26(11-12-28-17)21-13-18(7-9-24-21)14-25-22(23-2)27-10-8-19-5-3-4-6-20(19)16-27/h3-7,9,13,17H,8,10-12,14-16H2,1-2H3,(H,23,25). The second-order valence-corrected chi connectivity index (χ2v) is 7.49. The third kappa shape index (κ3) is 4.28. The minimum Gasteiger partial charge on any atom is -0.375 e. The number of guanidine groups is 1. The van der Waals surface area contributed by atoms with Gasteiger partial charge in [0.15, 0.2) is 5.96 Å². The fraction of sp³-hybridized carbons (Fsp3) is 0.455. The average Bonchev–Trinajstić information content (AvgIpc) is 2.74. The van der Waals surface area contributed by atoms with Gasteiger partial charge in [-0.2, -0.15) is 0 Å². The SMILES string of the molecule is CN=C(NCc1ccnc(N2CCOC(C)C2)c1)N1CCc2ccccc2C1. The van der Waals surface area contributed by atoms with E-state index < -0.39 is 0 Å². The summed E-state index contributed by atoms with van der Waals surface area (Å²) in [6.45, 7) is 7.28. The van der Waals surface area contributed by atoms with E-state index in [0.29, 0.717) is 0 Å². The van der Waals surface area contributed by atoms with E-state index in [2.05, 4.69) is 68.4 Å². The Morgan fingerprint density at radius 1 is 1.25 bits per heavy atom. The van der Waals surface area contributed by atoms with Crippen molar-refractivity contribution in [1.29, 1.82) is 0 Å². The molecular weight excluding hydrogens is 350 g/mol. The molecule has 0 spiro atoms. The van der Waals surface area contributed by atoms with Gasteiger partial charge in [0.2, 0.25) is 0 Å². The Bertz CT molecular complexity index is 837. The van der Waals surface area contributed by atoms with Crippen LogP contribution in [-0.2, 0) is 24.2 Å². The van der Waals surface area contributed by atoms with Crippen LogP contribution in [0.4, 0.5) is 5.82 Å². The number of nitrogens with zero attached hydrogens (tertiary/aromatic N) is 4. The monoisotopic (exact) mass is 379 g/mol. The molecule has 1 saturated heterocycles. The van der Waals surface area contributed by atoms with Crippen molar-refractivity contribution in [3.05, 3.63) is 59.3 Å². The molecule has 4 rings (SSSR count). The summed E-state index contributed by atoms with van der Waals surface area (Å²) in [5, 5.41) is 3.53. The van der Waals surface area contributed by atoms with Crippen LogP contribution < -0.4 is 10.2 Å². The molecule has 6 heteroatoms. The van der Waals surface area contributed by atoms with Gasteiger partial charge >= 0.3 is 0 Å². The second kappa shape index (κ2) is 8.61. The summed E-state index contributed by atoms with van der Waals surface area (Å²) in [5.41, 5.74) is 4.06. The number of hydrogen-bond acceptors (Lipinski definition) is 4. The van der Waals surface area contributed by atoms with Crippen molar-refractivity contribution in [3.8, 4) is 0 Å². The lowest BCUT2D eigenvalue weighted by Crippen LogP contribution is -2.43. The lowest BCUT2D eigenvalue weighted by Gasteiger charge is -2.32. The van der Waals surface area contributed by atoms with Crippen molar-refractivity contribution in [2.45, 2.75) is 32.5 Å². The quantitative estimate of drug-likeness (QED) is 0.656. The highest BCUT2D eigenvalue weighted by Gasteiger charge is 2.20. The molecule has 0 bridgehead atoms. The molecule has 1 N–H and O–H groups in total. The molecule has 0 saturated carbocycles. The Morgan fingerprint density at radius 3 is 2.93 bits per heavy atom. The number of morpholine rings is 1. The van der Waals surface area contributed by atoms with Gasteiger partial charge in [-0.15, -0.1) is 0 Å². The highest BCUT2D eigenvalue weighted by Crippen LogP contribution is 2.19. The van der Waals surface area contributed by atoms with Crippen LogP contribution in [-0.4, -0.2) is 55.2 Å². The normalized spacial score (nSPS) is 20.1. The van der Waals surface area contributed by atoms with Crippen LogP contribution in [0.5, 0.6) is 0 Å². The van der Waals surface area contributed by atoms with Gasteiger partial charge in [-0.3, -0.25) is 4.99 Å². The predicted octanol–water partition coefficient (Wildman–Crippen LogP) is 2.44. The highest BCUT2D eigenvalue weighted by atomic mass is 16.5. The fourth-order valence-corrected chi connectivity index (χ4v) is 3.96. The summed E-state index contributed by atoms with van der Waals surface area (Å²) in [6, 6.07) is 12.9. The van der Waals surface area contributed by atoms with Gasteiger partial charge in [0.05, 0.1) is 12.7 Å². The zero-order valence-electron chi connectivity index (χ0n) is 16.8. The van der Waals surface area contributed by atoms with Gasteiger partial charge in [0, 0.05) is 46.0 Å². The van der Waals surface area contributed by atoms with E-state index in [4.69, 9.17) is 4.74 Å². The summed E-state index contributed by atoms with van der Waals surface area (Å²) in [4.78, 5) is 13.7. The number of fused-ring (bicyclic) bond motifs is 1. The first kappa shape index (κ1) is 18.7. The van der Waals surface area contributed by atoms with Crippen LogP contribution in [0.1, 0.15) is 23.6 Å². The third-order valence-corrected chi connectivity index (χ3v) is 5.47. The fourth-order valence-electron chi connectivity index (χ4n) is 3.96. The molecule has 2 aromatic rings. The molecule has 6 nitrogen and oxygen atoms in total. The largest absolute Gasteiger partial charge is 0.375 e. The molecule has 3 heterocycles. The van der Waals surface area contributed by atoms with E-state index in [1.54, 1.807) is 0 Å². The maximum absolute atomic E-state index is 5.64. The van der Waals surface area contributed by atoms with Crippen LogP contribution in [0.2, 0.25) is 0 Å². The summed E-state index contributed by atoms with van der Waals surface area (Å²) in [5.74, 6) is 1.98. The number of aromatic nitrogens is 1. The average molecular weight is 380 g/mol. The Balaban J connectivity index is 1.39. The molecule has 1 atom stereocenters. The first-order valence-electron chi connectivity index (χ1n) is 10.1. The van der Waals surface area contributed by atoms with Crippen LogP contribution in [0.25, 0.3) is 0 Å². The molecule has 1 fully saturated rings. The zero-order valence-corrected chi connectivity index (χ0v) is 16.8. The molecular formula is C22H29N5O. The molecule has 0 radical (unpaired) electrons.